The van der Waals surface area contributed by atoms with Gasteiger partial charge >= 0.3 is 0 Å². The molecule has 0 fully saturated rings. The van der Waals surface area contributed by atoms with Gasteiger partial charge in [0.25, 0.3) is 10.0 Å². The molecular formula is C12H13N3O5S. The first-order valence-electron chi connectivity index (χ1n) is 6.14. The summed E-state index contributed by atoms with van der Waals surface area (Å²) in [7, 11) is -3.74. The second-order valence-corrected chi connectivity index (χ2v) is 6.02. The minimum Gasteiger partial charge on any atom is -0.454 e. The van der Waals surface area contributed by atoms with Crippen molar-refractivity contribution < 1.29 is 23.0 Å². The summed E-state index contributed by atoms with van der Waals surface area (Å²) in [5.74, 6) is 1.07. The Balaban J connectivity index is 1.82. The maximum Gasteiger partial charge on any atom is 0.265 e. The molecule has 0 amide bonds. The van der Waals surface area contributed by atoms with Gasteiger partial charge in [-0.25, -0.2) is 8.42 Å². The average Bonchev–Trinajstić information content (AvgIpc) is 3.07. The first-order valence-corrected chi connectivity index (χ1v) is 7.62. The lowest BCUT2D eigenvalue weighted by Crippen LogP contribution is -2.12. The van der Waals surface area contributed by atoms with E-state index in [2.05, 4.69) is 9.82 Å². The van der Waals surface area contributed by atoms with Crippen molar-refractivity contribution in [2.75, 3.05) is 18.1 Å². The van der Waals surface area contributed by atoms with Crippen LogP contribution in [0.1, 0.15) is 0 Å². The van der Waals surface area contributed by atoms with E-state index in [0.717, 1.165) is 0 Å². The largest absolute Gasteiger partial charge is 0.454 e. The normalized spacial score (nSPS) is 13.4. The number of hydrogen-bond donors (Lipinski definition) is 2. The molecule has 0 saturated heterocycles. The third kappa shape index (κ3) is 2.78. The second kappa shape index (κ2) is 5.26. The summed E-state index contributed by atoms with van der Waals surface area (Å²) in [5.41, 5.74) is 0.370. The van der Waals surface area contributed by atoms with Gasteiger partial charge in [0, 0.05) is 12.3 Å². The van der Waals surface area contributed by atoms with Gasteiger partial charge in [0.2, 0.25) is 6.79 Å². The number of ether oxygens (including phenoxy) is 2. The minimum atomic E-state index is -3.74. The first kappa shape index (κ1) is 13.7. The number of sulfonamides is 1. The van der Waals surface area contributed by atoms with Gasteiger partial charge in [0.15, 0.2) is 11.5 Å². The van der Waals surface area contributed by atoms with Crippen LogP contribution >= 0.6 is 0 Å². The fourth-order valence-corrected chi connectivity index (χ4v) is 2.88. The lowest BCUT2D eigenvalue weighted by molar-refractivity contribution is 0.174. The lowest BCUT2D eigenvalue weighted by atomic mass is 10.3. The number of anilines is 1. The highest BCUT2D eigenvalue weighted by Gasteiger charge is 2.19. The predicted octanol–water partition coefficient (Wildman–Crippen LogP) is 0.405. The molecule has 0 radical (unpaired) electrons. The van der Waals surface area contributed by atoms with Crippen molar-refractivity contribution in [1.82, 2.24) is 9.78 Å². The Morgan fingerprint density at radius 3 is 2.95 bits per heavy atom. The van der Waals surface area contributed by atoms with Crippen molar-refractivity contribution in [1.29, 1.82) is 0 Å². The molecule has 112 valence electrons. The van der Waals surface area contributed by atoms with Crippen LogP contribution < -0.4 is 14.2 Å². The molecule has 0 aliphatic carbocycles. The first-order chi connectivity index (χ1) is 10.1. The summed E-state index contributed by atoms with van der Waals surface area (Å²) in [5, 5.41) is 12.7. The van der Waals surface area contributed by atoms with Crippen LogP contribution in [0.25, 0.3) is 0 Å². The summed E-state index contributed by atoms with van der Waals surface area (Å²) < 4.78 is 38.6. The number of nitrogens with one attached hydrogen (secondary N) is 1. The molecule has 2 heterocycles. The topological polar surface area (TPSA) is 103 Å². The smallest absolute Gasteiger partial charge is 0.265 e. The van der Waals surface area contributed by atoms with E-state index in [-0.39, 0.29) is 24.8 Å². The lowest BCUT2D eigenvalue weighted by Gasteiger charge is -2.06. The zero-order valence-electron chi connectivity index (χ0n) is 10.9. The molecule has 1 aliphatic rings. The molecule has 2 N–H and O–H groups in total. The number of aliphatic hydroxyl groups is 1. The standard InChI is InChI=1S/C12H13N3O5S/c16-4-3-15-7-10(6-13-15)21(17,18)14-9-1-2-11-12(5-9)20-8-19-11/h1-2,5-7,14,16H,3-4,8H2. The molecule has 1 aromatic carbocycles. The van der Waals surface area contributed by atoms with Crippen LogP contribution in [0.5, 0.6) is 11.5 Å². The number of fused-ring (bicyclic) bond motifs is 1. The van der Waals surface area contributed by atoms with Gasteiger partial charge in [-0.15, -0.1) is 0 Å². The van der Waals surface area contributed by atoms with E-state index in [1.165, 1.54) is 17.1 Å². The van der Waals surface area contributed by atoms with Gasteiger partial charge in [-0.1, -0.05) is 0 Å². The summed E-state index contributed by atoms with van der Waals surface area (Å²) in [6, 6.07) is 4.77. The number of hydrogen-bond acceptors (Lipinski definition) is 6. The summed E-state index contributed by atoms with van der Waals surface area (Å²) >= 11 is 0. The number of rotatable bonds is 5. The quantitative estimate of drug-likeness (QED) is 0.829. The summed E-state index contributed by atoms with van der Waals surface area (Å²) in [4.78, 5) is 0.0219. The van der Waals surface area contributed by atoms with Crippen LogP contribution in [0, 0.1) is 0 Å². The fourth-order valence-electron chi connectivity index (χ4n) is 1.88. The third-order valence-corrected chi connectivity index (χ3v) is 4.21. The zero-order valence-corrected chi connectivity index (χ0v) is 11.7. The molecule has 8 nitrogen and oxygen atoms in total. The van der Waals surface area contributed by atoms with Crippen LogP contribution in [0.15, 0.2) is 35.5 Å². The predicted molar refractivity (Wildman–Crippen MR) is 72.7 cm³/mol. The Labute approximate surface area is 121 Å². The highest BCUT2D eigenvalue weighted by molar-refractivity contribution is 7.92. The molecule has 9 heteroatoms. The second-order valence-electron chi connectivity index (χ2n) is 4.34. The van der Waals surface area contributed by atoms with Crippen LogP contribution in [0.4, 0.5) is 5.69 Å². The zero-order chi connectivity index (χ0) is 14.9. The van der Waals surface area contributed by atoms with Crippen molar-refractivity contribution >= 4 is 15.7 Å². The summed E-state index contributed by atoms with van der Waals surface area (Å²) in [6.07, 6.45) is 2.58. The molecule has 2 aromatic rings. The molecule has 1 aromatic heterocycles. The van der Waals surface area contributed by atoms with Crippen LogP contribution in [0.3, 0.4) is 0 Å². The molecule has 1 aliphatic heterocycles. The monoisotopic (exact) mass is 311 g/mol. The Morgan fingerprint density at radius 2 is 2.14 bits per heavy atom. The Morgan fingerprint density at radius 1 is 1.33 bits per heavy atom. The summed E-state index contributed by atoms with van der Waals surface area (Å²) in [6.45, 7) is 0.246. The van der Waals surface area contributed by atoms with E-state index < -0.39 is 10.0 Å². The van der Waals surface area contributed by atoms with Gasteiger partial charge in [-0.2, -0.15) is 5.10 Å². The van der Waals surface area contributed by atoms with Gasteiger partial charge in [0.1, 0.15) is 4.90 Å². The Kier molecular flexibility index (Phi) is 3.43. The van der Waals surface area contributed by atoms with E-state index >= 15 is 0 Å². The third-order valence-electron chi connectivity index (χ3n) is 2.87. The molecule has 3 rings (SSSR count). The van der Waals surface area contributed by atoms with Gasteiger partial charge in [0.05, 0.1) is 25.0 Å². The van der Waals surface area contributed by atoms with Crippen molar-refractivity contribution in [3.8, 4) is 11.5 Å². The molecular weight excluding hydrogens is 298 g/mol. The maximum atomic E-state index is 12.2. The Hall–Kier alpha value is -2.26. The highest BCUT2D eigenvalue weighted by atomic mass is 32.2. The SMILES string of the molecule is O=S(=O)(Nc1ccc2c(c1)OCO2)c1cnn(CCO)c1. The van der Waals surface area contributed by atoms with E-state index in [1.807, 2.05) is 0 Å². The number of aromatic nitrogens is 2. The maximum absolute atomic E-state index is 12.2. The molecule has 0 bridgehead atoms. The van der Waals surface area contributed by atoms with Crippen molar-refractivity contribution in [2.45, 2.75) is 11.4 Å². The van der Waals surface area contributed by atoms with Crippen LogP contribution in [0.2, 0.25) is 0 Å². The minimum absolute atomic E-state index is 0.0219. The fraction of sp³-hybridized carbons (Fsp3) is 0.250. The number of benzene rings is 1. The van der Waals surface area contributed by atoms with E-state index in [0.29, 0.717) is 17.2 Å². The molecule has 0 spiro atoms. The van der Waals surface area contributed by atoms with Gasteiger partial charge in [-0.3, -0.25) is 9.40 Å². The molecule has 21 heavy (non-hydrogen) atoms. The van der Waals surface area contributed by atoms with Crippen molar-refractivity contribution in [2.24, 2.45) is 0 Å². The van der Waals surface area contributed by atoms with Crippen molar-refractivity contribution in [3.63, 3.8) is 0 Å². The highest BCUT2D eigenvalue weighted by Crippen LogP contribution is 2.34. The van der Waals surface area contributed by atoms with Gasteiger partial charge in [-0.05, 0) is 12.1 Å². The van der Waals surface area contributed by atoms with E-state index in [9.17, 15) is 8.42 Å². The molecule has 0 atom stereocenters. The van der Waals surface area contributed by atoms with E-state index in [4.69, 9.17) is 14.6 Å². The van der Waals surface area contributed by atoms with Crippen LogP contribution in [-0.2, 0) is 16.6 Å². The number of nitrogens with zero attached hydrogens (tertiary/aromatic N) is 2. The number of aliphatic hydroxyl groups excluding tert-OH is 1. The molecule has 0 saturated carbocycles. The van der Waals surface area contributed by atoms with Gasteiger partial charge < -0.3 is 14.6 Å². The van der Waals surface area contributed by atoms with Crippen LogP contribution in [-0.4, -0.2) is 36.7 Å². The van der Waals surface area contributed by atoms with E-state index in [1.54, 1.807) is 18.2 Å². The van der Waals surface area contributed by atoms with Crippen molar-refractivity contribution in [3.05, 3.63) is 30.6 Å². The average molecular weight is 311 g/mol. The molecule has 0 unspecified atom stereocenters. The Bertz CT molecular complexity index is 756.